The van der Waals surface area contributed by atoms with Crippen molar-refractivity contribution in [3.8, 4) is 16.9 Å². The van der Waals surface area contributed by atoms with E-state index in [-0.39, 0.29) is 5.69 Å². The van der Waals surface area contributed by atoms with Gasteiger partial charge in [-0.2, -0.15) is 0 Å². The molecule has 2 heterocycles. The van der Waals surface area contributed by atoms with Gasteiger partial charge < -0.3 is 4.42 Å². The molecule has 0 spiro atoms. The third-order valence-electron chi connectivity index (χ3n) is 5.21. The van der Waals surface area contributed by atoms with Crippen LogP contribution in [0.1, 0.15) is 5.56 Å². The predicted molar refractivity (Wildman–Crippen MR) is 140 cm³/mol. The third kappa shape index (κ3) is 4.62. The molecule has 3 aromatic carbocycles. The number of fused-ring (bicyclic) bond motifs is 1. The van der Waals surface area contributed by atoms with Gasteiger partial charge in [0.05, 0.1) is 16.2 Å². The zero-order valence-corrected chi connectivity index (χ0v) is 20.5. The Morgan fingerprint density at radius 3 is 2.50 bits per heavy atom. The number of para-hydroxylation sites is 1. The molecule has 0 saturated heterocycles. The number of non-ortho nitro benzene ring substituents is 1. The first-order valence-corrected chi connectivity index (χ1v) is 12.3. The van der Waals surface area contributed by atoms with Gasteiger partial charge in [0, 0.05) is 38.7 Å². The van der Waals surface area contributed by atoms with Gasteiger partial charge in [-0.1, -0.05) is 42.1 Å². The van der Waals surface area contributed by atoms with Gasteiger partial charge >= 0.3 is 5.63 Å². The largest absolute Gasteiger partial charge is 0.422 e. The van der Waals surface area contributed by atoms with Crippen molar-refractivity contribution in [3.05, 3.63) is 115 Å². The van der Waals surface area contributed by atoms with Gasteiger partial charge in [0.2, 0.25) is 0 Å². The molecule has 0 radical (unpaired) electrons. The molecule has 0 aliphatic heterocycles. The highest BCUT2D eigenvalue weighted by Crippen LogP contribution is 2.30. The minimum atomic E-state index is -0.446. The van der Waals surface area contributed by atoms with Crippen molar-refractivity contribution in [1.29, 1.82) is 0 Å². The Kier molecular flexibility index (Phi) is 6.20. The number of nitro groups is 1. The Morgan fingerprint density at radius 1 is 1.03 bits per heavy atom. The molecule has 5 aromatic rings. The number of hydrogen-bond donors (Lipinski definition) is 0. The van der Waals surface area contributed by atoms with Crippen molar-refractivity contribution in [3.63, 3.8) is 0 Å². The van der Waals surface area contributed by atoms with E-state index in [0.717, 1.165) is 20.2 Å². The van der Waals surface area contributed by atoms with Gasteiger partial charge in [0.15, 0.2) is 5.16 Å². The first kappa shape index (κ1) is 22.4. The SMILES string of the molecule is O=c1oc2ccccc2cc1-c1cn(-c2ccc(I)cc2)c(SCc2ccc([N+](=O)[O-])cc2)n1. The average Bonchev–Trinajstić information content (AvgIpc) is 3.27. The number of halogens is 1. The maximum absolute atomic E-state index is 12.7. The fourth-order valence-corrected chi connectivity index (χ4v) is 4.79. The van der Waals surface area contributed by atoms with Gasteiger partial charge in [-0.3, -0.25) is 14.7 Å². The van der Waals surface area contributed by atoms with E-state index in [0.29, 0.717) is 27.7 Å². The Labute approximate surface area is 211 Å². The minimum absolute atomic E-state index is 0.0551. The lowest BCUT2D eigenvalue weighted by molar-refractivity contribution is -0.384. The highest BCUT2D eigenvalue weighted by Gasteiger charge is 2.16. The Hall–Kier alpha value is -3.44. The van der Waals surface area contributed by atoms with Gasteiger partial charge in [0.25, 0.3) is 5.69 Å². The molecule has 5 rings (SSSR count). The molecule has 168 valence electrons. The van der Waals surface area contributed by atoms with E-state index in [4.69, 9.17) is 9.40 Å². The lowest BCUT2D eigenvalue weighted by atomic mass is 10.1. The van der Waals surface area contributed by atoms with Gasteiger partial charge in [-0.05, 0) is 64.6 Å². The van der Waals surface area contributed by atoms with Crippen LogP contribution in [0.25, 0.3) is 27.9 Å². The van der Waals surface area contributed by atoms with Crippen LogP contribution in [0.3, 0.4) is 0 Å². The monoisotopic (exact) mass is 581 g/mol. The number of aromatic nitrogens is 2. The number of thioether (sulfide) groups is 1. The summed E-state index contributed by atoms with van der Waals surface area (Å²) >= 11 is 3.74. The molecule has 0 bridgehead atoms. The van der Waals surface area contributed by atoms with Crippen molar-refractivity contribution in [2.24, 2.45) is 0 Å². The van der Waals surface area contributed by atoms with Gasteiger partial charge in [-0.25, -0.2) is 9.78 Å². The topological polar surface area (TPSA) is 91.2 Å². The summed E-state index contributed by atoms with van der Waals surface area (Å²) in [5.41, 5.74) is 2.89. The summed E-state index contributed by atoms with van der Waals surface area (Å²) in [6.07, 6.45) is 1.83. The second-order valence-electron chi connectivity index (χ2n) is 7.45. The Balaban J connectivity index is 1.53. The Morgan fingerprint density at radius 2 is 1.76 bits per heavy atom. The molecule has 7 nitrogen and oxygen atoms in total. The highest BCUT2D eigenvalue weighted by molar-refractivity contribution is 14.1. The van der Waals surface area contributed by atoms with E-state index < -0.39 is 10.5 Å². The summed E-state index contributed by atoms with van der Waals surface area (Å²) in [5, 5.41) is 12.4. The number of imidazole rings is 1. The number of hydrogen-bond acceptors (Lipinski definition) is 6. The smallest absolute Gasteiger partial charge is 0.345 e. The van der Waals surface area contributed by atoms with Crippen LogP contribution in [0.15, 0.2) is 99.4 Å². The zero-order valence-electron chi connectivity index (χ0n) is 17.6. The molecule has 0 N–H and O–H groups in total. The summed E-state index contributed by atoms with van der Waals surface area (Å²) < 4.78 is 8.56. The normalized spacial score (nSPS) is 11.1. The molecule has 34 heavy (non-hydrogen) atoms. The van der Waals surface area contributed by atoms with Gasteiger partial charge in [0.1, 0.15) is 5.58 Å². The van der Waals surface area contributed by atoms with Crippen molar-refractivity contribution < 1.29 is 9.34 Å². The summed E-state index contributed by atoms with van der Waals surface area (Å²) in [7, 11) is 0. The fourth-order valence-electron chi connectivity index (χ4n) is 3.48. The maximum Gasteiger partial charge on any atom is 0.345 e. The highest BCUT2D eigenvalue weighted by atomic mass is 127. The van der Waals surface area contributed by atoms with Crippen molar-refractivity contribution in [2.75, 3.05) is 0 Å². The summed E-state index contributed by atoms with van der Waals surface area (Å²) in [6.45, 7) is 0. The van der Waals surface area contributed by atoms with E-state index in [1.807, 2.05) is 53.2 Å². The van der Waals surface area contributed by atoms with Crippen molar-refractivity contribution >= 4 is 51.0 Å². The molecule has 9 heteroatoms. The molecule has 0 aliphatic rings. The standard InChI is InChI=1S/C25H16IN3O4S/c26-18-7-11-19(12-8-18)28-14-22(21-13-17-3-1-2-4-23(17)33-24(21)30)27-25(28)34-15-16-5-9-20(10-6-16)29(31)32/h1-14H,15H2. The maximum atomic E-state index is 12.7. The third-order valence-corrected chi connectivity index (χ3v) is 6.95. The zero-order chi connectivity index (χ0) is 23.7. The summed E-state index contributed by atoms with van der Waals surface area (Å²) in [4.78, 5) is 28.0. The molecule has 2 aromatic heterocycles. The number of nitrogens with zero attached hydrogens (tertiary/aromatic N) is 3. The second-order valence-corrected chi connectivity index (χ2v) is 9.64. The van der Waals surface area contributed by atoms with E-state index in [9.17, 15) is 14.9 Å². The quantitative estimate of drug-likeness (QED) is 0.0753. The van der Waals surface area contributed by atoms with Crippen molar-refractivity contribution in [1.82, 2.24) is 9.55 Å². The van der Waals surface area contributed by atoms with E-state index in [1.165, 1.54) is 23.9 Å². The second kappa shape index (κ2) is 9.43. The fraction of sp³-hybridized carbons (Fsp3) is 0.0400. The molecule has 0 atom stereocenters. The van der Waals surface area contributed by atoms with Crippen LogP contribution in [0.4, 0.5) is 5.69 Å². The molecular formula is C25H16IN3O4S. The lowest BCUT2D eigenvalue weighted by Gasteiger charge is -2.07. The summed E-state index contributed by atoms with van der Waals surface area (Å²) in [5.74, 6) is 0.561. The molecule has 0 aliphatic carbocycles. The van der Waals surface area contributed by atoms with Crippen LogP contribution in [0.5, 0.6) is 0 Å². The molecule has 0 fully saturated rings. The van der Waals surface area contributed by atoms with E-state index in [2.05, 4.69) is 22.6 Å². The molecule has 0 saturated carbocycles. The van der Waals surface area contributed by atoms with Crippen LogP contribution >= 0.6 is 34.4 Å². The number of benzene rings is 3. The van der Waals surface area contributed by atoms with Gasteiger partial charge in [-0.15, -0.1) is 0 Å². The first-order chi connectivity index (χ1) is 16.5. The molecule has 0 unspecified atom stereocenters. The molecule has 0 amide bonds. The number of rotatable bonds is 6. The predicted octanol–water partition coefficient (Wildman–Crippen LogP) is 6.45. The van der Waals surface area contributed by atoms with E-state index in [1.54, 1.807) is 24.3 Å². The van der Waals surface area contributed by atoms with Crippen LogP contribution < -0.4 is 5.63 Å². The van der Waals surface area contributed by atoms with Crippen LogP contribution in [0.2, 0.25) is 0 Å². The summed E-state index contributed by atoms with van der Waals surface area (Å²) in [6, 6.07) is 23.6. The van der Waals surface area contributed by atoms with Crippen molar-refractivity contribution in [2.45, 2.75) is 10.9 Å². The van der Waals surface area contributed by atoms with Crippen LogP contribution in [-0.2, 0) is 5.75 Å². The molecular weight excluding hydrogens is 565 g/mol. The minimum Gasteiger partial charge on any atom is -0.422 e. The Bertz CT molecular complexity index is 1560. The van der Waals surface area contributed by atoms with E-state index >= 15 is 0 Å². The first-order valence-electron chi connectivity index (χ1n) is 10.2. The lowest BCUT2D eigenvalue weighted by Crippen LogP contribution is -2.02. The van der Waals surface area contributed by atoms with Crippen LogP contribution in [0, 0.1) is 13.7 Å². The average molecular weight is 581 g/mol. The van der Waals surface area contributed by atoms with Crippen LogP contribution in [-0.4, -0.2) is 14.5 Å². The number of nitro benzene ring substituents is 1.